The molecule has 0 bridgehead atoms. The summed E-state index contributed by atoms with van der Waals surface area (Å²) in [6.07, 6.45) is 1.85. The fraction of sp³-hybridized carbons (Fsp3) is 0.350. The van der Waals surface area contributed by atoms with Gasteiger partial charge in [-0.25, -0.2) is 12.8 Å². The van der Waals surface area contributed by atoms with Crippen LogP contribution in [-0.2, 0) is 26.0 Å². The van der Waals surface area contributed by atoms with Gasteiger partial charge < -0.3 is 9.64 Å². The van der Waals surface area contributed by atoms with Crippen LogP contribution in [0.4, 0.5) is 15.8 Å². The molecular weight excluding hydrogens is 383 g/mol. The van der Waals surface area contributed by atoms with E-state index in [-0.39, 0.29) is 10.8 Å². The summed E-state index contributed by atoms with van der Waals surface area (Å²) in [5.74, 6) is -0.703. The molecule has 1 unspecified atom stereocenters. The molecular formula is C20H21FN2O4S. The number of halogens is 1. The fourth-order valence-electron chi connectivity index (χ4n) is 3.69. The number of nitrogens with one attached hydrogen (secondary N) is 1. The number of fused-ring (bicyclic) bond motifs is 1. The highest BCUT2D eigenvalue weighted by Crippen LogP contribution is 2.33. The van der Waals surface area contributed by atoms with Gasteiger partial charge in [0, 0.05) is 18.8 Å². The Balaban J connectivity index is 1.61. The average Bonchev–Trinajstić information content (AvgIpc) is 3.32. The molecule has 2 heterocycles. The predicted molar refractivity (Wildman–Crippen MR) is 103 cm³/mol. The number of ether oxygens (including phenoxy) is 1. The van der Waals surface area contributed by atoms with E-state index in [0.29, 0.717) is 42.9 Å². The van der Waals surface area contributed by atoms with Crippen molar-refractivity contribution in [3.63, 3.8) is 0 Å². The van der Waals surface area contributed by atoms with Gasteiger partial charge in [0.2, 0.25) is 0 Å². The molecule has 28 heavy (non-hydrogen) atoms. The highest BCUT2D eigenvalue weighted by Gasteiger charge is 2.33. The van der Waals surface area contributed by atoms with E-state index < -0.39 is 21.9 Å². The minimum Gasteiger partial charge on any atom is -0.368 e. The summed E-state index contributed by atoms with van der Waals surface area (Å²) in [5.41, 5.74) is 2.45. The lowest BCUT2D eigenvalue weighted by atomic mass is 10.1. The molecule has 0 aliphatic carbocycles. The Kier molecular flexibility index (Phi) is 4.84. The fourth-order valence-corrected chi connectivity index (χ4v) is 5.00. The largest absolute Gasteiger partial charge is 0.368 e. The number of benzene rings is 2. The summed E-state index contributed by atoms with van der Waals surface area (Å²) in [5, 5.41) is 0. The van der Waals surface area contributed by atoms with E-state index in [1.54, 1.807) is 24.0 Å². The van der Waals surface area contributed by atoms with Crippen LogP contribution in [0.2, 0.25) is 0 Å². The number of carbonyl (C=O) groups is 1. The maximum atomic E-state index is 13.5. The minimum absolute atomic E-state index is 0.0859. The average molecular weight is 404 g/mol. The van der Waals surface area contributed by atoms with E-state index in [9.17, 15) is 17.6 Å². The number of carbonyl (C=O) groups excluding carboxylic acids is 1. The van der Waals surface area contributed by atoms with E-state index >= 15 is 0 Å². The molecule has 0 aromatic heterocycles. The Labute approximate surface area is 163 Å². The first-order chi connectivity index (χ1) is 13.3. The van der Waals surface area contributed by atoms with Crippen LogP contribution in [-0.4, -0.2) is 33.6 Å². The maximum absolute atomic E-state index is 13.5. The van der Waals surface area contributed by atoms with Crippen LogP contribution in [0.25, 0.3) is 0 Å². The number of anilines is 2. The monoisotopic (exact) mass is 404 g/mol. The van der Waals surface area contributed by atoms with Crippen LogP contribution in [0.15, 0.2) is 41.3 Å². The Morgan fingerprint density at radius 3 is 2.82 bits per heavy atom. The summed E-state index contributed by atoms with van der Waals surface area (Å²) >= 11 is 0. The van der Waals surface area contributed by atoms with Gasteiger partial charge in [0.25, 0.3) is 15.9 Å². The molecule has 1 atom stereocenters. The lowest BCUT2D eigenvalue weighted by molar-refractivity contribution is -0.127. The van der Waals surface area contributed by atoms with E-state index in [0.717, 1.165) is 18.1 Å². The molecule has 2 aliphatic heterocycles. The highest BCUT2D eigenvalue weighted by molar-refractivity contribution is 7.92. The molecule has 1 fully saturated rings. The standard InChI is InChI=1S/C20H21FN2O4S/c1-13-4-6-15(21)11-19(13)28(25,26)22-16-7-5-14-8-9-23(17(14)12-16)20(24)18-3-2-10-27-18/h4-7,11-12,18,22H,2-3,8-10H2,1H3. The zero-order chi connectivity index (χ0) is 19.9. The van der Waals surface area contributed by atoms with Crippen LogP contribution in [0.5, 0.6) is 0 Å². The molecule has 1 saturated heterocycles. The molecule has 1 amide bonds. The van der Waals surface area contributed by atoms with Crippen LogP contribution in [0, 0.1) is 12.7 Å². The molecule has 1 N–H and O–H groups in total. The van der Waals surface area contributed by atoms with Crippen molar-refractivity contribution in [2.75, 3.05) is 22.8 Å². The molecule has 2 aliphatic rings. The lowest BCUT2D eigenvalue weighted by Crippen LogP contribution is -2.37. The number of hydrogen-bond acceptors (Lipinski definition) is 4. The molecule has 0 spiro atoms. The van der Waals surface area contributed by atoms with Gasteiger partial charge in [0.05, 0.1) is 10.6 Å². The van der Waals surface area contributed by atoms with E-state index in [4.69, 9.17) is 4.74 Å². The van der Waals surface area contributed by atoms with Crippen molar-refractivity contribution in [3.05, 3.63) is 53.3 Å². The second-order valence-corrected chi connectivity index (χ2v) is 8.75. The normalized spacial score (nSPS) is 18.9. The minimum atomic E-state index is -3.96. The lowest BCUT2D eigenvalue weighted by Gasteiger charge is -2.21. The Bertz CT molecular complexity index is 1030. The first kappa shape index (κ1) is 18.9. The second-order valence-electron chi connectivity index (χ2n) is 7.10. The molecule has 6 nitrogen and oxygen atoms in total. The highest BCUT2D eigenvalue weighted by atomic mass is 32.2. The SMILES string of the molecule is Cc1ccc(F)cc1S(=O)(=O)Nc1ccc2c(c1)N(C(=O)C1CCCO1)CC2. The van der Waals surface area contributed by atoms with Gasteiger partial charge in [-0.1, -0.05) is 12.1 Å². The van der Waals surface area contributed by atoms with Crippen molar-refractivity contribution in [1.82, 2.24) is 0 Å². The van der Waals surface area contributed by atoms with Crippen molar-refractivity contribution in [1.29, 1.82) is 0 Å². The third-order valence-corrected chi connectivity index (χ3v) is 6.67. The van der Waals surface area contributed by atoms with E-state index in [1.807, 2.05) is 6.07 Å². The maximum Gasteiger partial charge on any atom is 0.262 e. The quantitative estimate of drug-likeness (QED) is 0.850. The van der Waals surface area contributed by atoms with Crippen molar-refractivity contribution in [2.24, 2.45) is 0 Å². The Morgan fingerprint density at radius 1 is 1.25 bits per heavy atom. The van der Waals surface area contributed by atoms with Crippen LogP contribution in [0.3, 0.4) is 0 Å². The number of hydrogen-bond donors (Lipinski definition) is 1. The summed E-state index contributed by atoms with van der Waals surface area (Å²) in [4.78, 5) is 14.3. The molecule has 4 rings (SSSR count). The van der Waals surface area contributed by atoms with E-state index in [2.05, 4.69) is 4.72 Å². The summed E-state index contributed by atoms with van der Waals surface area (Å²) in [7, 11) is -3.96. The summed E-state index contributed by atoms with van der Waals surface area (Å²) in [6, 6.07) is 8.77. The van der Waals surface area contributed by atoms with Crippen molar-refractivity contribution in [3.8, 4) is 0 Å². The summed E-state index contributed by atoms with van der Waals surface area (Å²) < 4.78 is 47.0. The van der Waals surface area contributed by atoms with Crippen LogP contribution >= 0.6 is 0 Å². The van der Waals surface area contributed by atoms with Gasteiger partial charge in [-0.15, -0.1) is 0 Å². The third-order valence-electron chi connectivity index (χ3n) is 5.14. The van der Waals surface area contributed by atoms with Gasteiger partial charge >= 0.3 is 0 Å². The van der Waals surface area contributed by atoms with Gasteiger partial charge in [0.1, 0.15) is 11.9 Å². The number of nitrogens with zero attached hydrogens (tertiary/aromatic N) is 1. The number of sulfonamides is 1. The second kappa shape index (κ2) is 7.18. The number of aryl methyl sites for hydroxylation is 1. The molecule has 148 valence electrons. The zero-order valence-corrected chi connectivity index (χ0v) is 16.3. The van der Waals surface area contributed by atoms with Crippen LogP contribution in [0.1, 0.15) is 24.0 Å². The van der Waals surface area contributed by atoms with Gasteiger partial charge in [-0.05, 0) is 61.6 Å². The summed E-state index contributed by atoms with van der Waals surface area (Å²) in [6.45, 7) is 2.75. The molecule has 2 aromatic carbocycles. The van der Waals surface area contributed by atoms with Gasteiger partial charge in [-0.3, -0.25) is 9.52 Å². The predicted octanol–water partition coefficient (Wildman–Crippen LogP) is 3.00. The zero-order valence-electron chi connectivity index (χ0n) is 15.4. The van der Waals surface area contributed by atoms with Crippen molar-refractivity contribution < 1.29 is 22.3 Å². The molecule has 0 saturated carbocycles. The smallest absolute Gasteiger partial charge is 0.262 e. The first-order valence-corrected chi connectivity index (χ1v) is 10.7. The Morgan fingerprint density at radius 2 is 2.07 bits per heavy atom. The van der Waals surface area contributed by atoms with Gasteiger partial charge in [0.15, 0.2) is 0 Å². The third kappa shape index (κ3) is 3.49. The molecule has 8 heteroatoms. The van der Waals surface area contributed by atoms with Gasteiger partial charge in [-0.2, -0.15) is 0 Å². The topological polar surface area (TPSA) is 75.7 Å². The van der Waals surface area contributed by atoms with E-state index in [1.165, 1.54) is 12.1 Å². The number of amides is 1. The van der Waals surface area contributed by atoms with Crippen molar-refractivity contribution >= 4 is 27.3 Å². The first-order valence-electron chi connectivity index (χ1n) is 9.20. The number of rotatable bonds is 4. The molecule has 0 radical (unpaired) electrons. The Hall–Kier alpha value is -2.45. The van der Waals surface area contributed by atoms with Crippen molar-refractivity contribution in [2.45, 2.75) is 37.2 Å². The van der Waals surface area contributed by atoms with Crippen LogP contribution < -0.4 is 9.62 Å². The molecule has 2 aromatic rings.